The number of carbonyl (C=O) groups is 1. The Morgan fingerprint density at radius 1 is 1.10 bits per heavy atom. The van der Waals surface area contributed by atoms with Gasteiger partial charge in [0, 0.05) is 13.1 Å². The van der Waals surface area contributed by atoms with Gasteiger partial charge < -0.3 is 14.4 Å². The standard InChI is InChI=1S/C23H29N3O3S.ClH/c1-6-29-18-10-8-17(9-11-18)15-20(27)26(14-13-25(3)4)23-24-21-19(28-5)12-7-16(2)22(21)30-23;/h7-12H,6,13-15H2,1-5H3;1H. The van der Waals surface area contributed by atoms with E-state index in [9.17, 15) is 4.79 Å². The van der Waals surface area contributed by atoms with E-state index in [1.807, 2.05) is 57.4 Å². The fourth-order valence-corrected chi connectivity index (χ4v) is 4.24. The number of aromatic nitrogens is 1. The van der Waals surface area contributed by atoms with Crippen LogP contribution in [0.4, 0.5) is 5.13 Å². The van der Waals surface area contributed by atoms with Crippen molar-refractivity contribution in [1.82, 2.24) is 9.88 Å². The maximum Gasteiger partial charge on any atom is 0.233 e. The van der Waals surface area contributed by atoms with Gasteiger partial charge in [0.1, 0.15) is 17.0 Å². The van der Waals surface area contributed by atoms with Crippen LogP contribution in [0.1, 0.15) is 18.1 Å². The maximum absolute atomic E-state index is 13.3. The van der Waals surface area contributed by atoms with Crippen LogP contribution in [0.2, 0.25) is 0 Å². The number of fused-ring (bicyclic) bond motifs is 1. The molecule has 31 heavy (non-hydrogen) atoms. The van der Waals surface area contributed by atoms with Crippen LogP contribution in [-0.2, 0) is 11.2 Å². The zero-order valence-corrected chi connectivity index (χ0v) is 20.3. The third-order valence-electron chi connectivity index (χ3n) is 4.80. The van der Waals surface area contributed by atoms with Gasteiger partial charge in [-0.3, -0.25) is 9.69 Å². The molecule has 0 fully saturated rings. The van der Waals surface area contributed by atoms with E-state index in [0.29, 0.717) is 24.7 Å². The van der Waals surface area contributed by atoms with Crippen molar-refractivity contribution in [3.63, 3.8) is 0 Å². The first kappa shape index (κ1) is 24.9. The predicted octanol–water partition coefficient (Wildman–Crippen LogP) is 4.57. The molecule has 0 unspecified atom stereocenters. The Balaban J connectivity index is 0.00000341. The van der Waals surface area contributed by atoms with Crippen LogP contribution in [0.25, 0.3) is 10.2 Å². The SMILES string of the molecule is CCOc1ccc(CC(=O)N(CCN(C)C)c2nc3c(OC)ccc(C)c3s2)cc1.Cl. The van der Waals surface area contributed by atoms with E-state index in [-0.39, 0.29) is 18.3 Å². The Morgan fingerprint density at radius 2 is 1.81 bits per heavy atom. The van der Waals surface area contributed by atoms with Crippen molar-refractivity contribution < 1.29 is 14.3 Å². The summed E-state index contributed by atoms with van der Waals surface area (Å²) in [6.07, 6.45) is 0.311. The van der Waals surface area contributed by atoms with Crippen LogP contribution in [0.3, 0.4) is 0 Å². The smallest absolute Gasteiger partial charge is 0.233 e. The minimum Gasteiger partial charge on any atom is -0.494 e. The molecule has 0 aliphatic heterocycles. The van der Waals surface area contributed by atoms with Crippen LogP contribution in [0.5, 0.6) is 11.5 Å². The van der Waals surface area contributed by atoms with Gasteiger partial charge in [-0.25, -0.2) is 4.98 Å². The number of hydrogen-bond donors (Lipinski definition) is 0. The van der Waals surface area contributed by atoms with E-state index in [4.69, 9.17) is 14.5 Å². The normalized spacial score (nSPS) is 10.8. The molecule has 8 heteroatoms. The number of anilines is 1. The van der Waals surface area contributed by atoms with Gasteiger partial charge in [-0.15, -0.1) is 12.4 Å². The molecule has 1 heterocycles. The first-order valence-electron chi connectivity index (χ1n) is 10.0. The van der Waals surface area contributed by atoms with Crippen molar-refractivity contribution in [1.29, 1.82) is 0 Å². The first-order valence-corrected chi connectivity index (χ1v) is 10.9. The molecule has 3 aromatic rings. The third-order valence-corrected chi connectivity index (χ3v) is 6.02. The second kappa shape index (κ2) is 11.3. The maximum atomic E-state index is 13.3. The van der Waals surface area contributed by atoms with E-state index < -0.39 is 0 Å². The van der Waals surface area contributed by atoms with Crippen LogP contribution < -0.4 is 14.4 Å². The lowest BCUT2D eigenvalue weighted by Gasteiger charge is -2.22. The fourth-order valence-electron chi connectivity index (χ4n) is 3.15. The predicted molar refractivity (Wildman–Crippen MR) is 130 cm³/mol. The van der Waals surface area contributed by atoms with Gasteiger partial charge in [0.15, 0.2) is 5.13 Å². The lowest BCUT2D eigenvalue weighted by molar-refractivity contribution is -0.118. The van der Waals surface area contributed by atoms with Crippen molar-refractivity contribution in [3.8, 4) is 11.5 Å². The molecule has 1 aromatic heterocycles. The molecule has 2 aromatic carbocycles. The van der Waals surface area contributed by atoms with Crippen LogP contribution in [0.15, 0.2) is 36.4 Å². The van der Waals surface area contributed by atoms with Gasteiger partial charge in [0.05, 0.1) is 24.8 Å². The number of methoxy groups -OCH3 is 1. The summed E-state index contributed by atoms with van der Waals surface area (Å²) in [6.45, 7) is 5.95. The Hall–Kier alpha value is -2.35. The van der Waals surface area contributed by atoms with Crippen molar-refractivity contribution in [3.05, 3.63) is 47.5 Å². The lowest BCUT2D eigenvalue weighted by Crippen LogP contribution is -2.37. The zero-order chi connectivity index (χ0) is 21.7. The Bertz CT molecular complexity index is 1010. The summed E-state index contributed by atoms with van der Waals surface area (Å²) >= 11 is 1.54. The number of thiazole rings is 1. The largest absolute Gasteiger partial charge is 0.494 e. The third kappa shape index (κ3) is 6.09. The van der Waals surface area contributed by atoms with Gasteiger partial charge in [-0.2, -0.15) is 0 Å². The summed E-state index contributed by atoms with van der Waals surface area (Å²) in [7, 11) is 5.64. The van der Waals surface area contributed by atoms with Crippen molar-refractivity contribution >= 4 is 45.0 Å². The number of likely N-dealkylation sites (N-methyl/N-ethyl adjacent to an activating group) is 1. The highest BCUT2D eigenvalue weighted by molar-refractivity contribution is 7.22. The van der Waals surface area contributed by atoms with Crippen molar-refractivity contribution in [2.24, 2.45) is 0 Å². The molecule has 1 amide bonds. The number of carbonyl (C=O) groups excluding carboxylic acids is 1. The fraction of sp³-hybridized carbons (Fsp3) is 0.391. The molecule has 0 N–H and O–H groups in total. The molecule has 6 nitrogen and oxygen atoms in total. The highest BCUT2D eigenvalue weighted by Crippen LogP contribution is 2.36. The minimum absolute atomic E-state index is 0. The van der Waals surface area contributed by atoms with Crippen LogP contribution in [-0.4, -0.2) is 56.7 Å². The molecule has 0 spiro atoms. The van der Waals surface area contributed by atoms with Crippen LogP contribution in [0, 0.1) is 6.92 Å². The highest BCUT2D eigenvalue weighted by Gasteiger charge is 2.22. The molecule has 0 aliphatic rings. The van der Waals surface area contributed by atoms with E-state index in [0.717, 1.165) is 39.4 Å². The van der Waals surface area contributed by atoms with Gasteiger partial charge in [0.25, 0.3) is 0 Å². The van der Waals surface area contributed by atoms with Crippen LogP contribution >= 0.6 is 23.7 Å². The number of aryl methyl sites for hydroxylation is 1. The molecule has 0 aliphatic carbocycles. The summed E-state index contributed by atoms with van der Waals surface area (Å²) in [5, 5.41) is 0.704. The molecule has 0 bridgehead atoms. The second-order valence-corrected chi connectivity index (χ2v) is 8.34. The first-order chi connectivity index (χ1) is 14.4. The van der Waals surface area contributed by atoms with Gasteiger partial charge in [-0.1, -0.05) is 29.5 Å². The molecule has 168 valence electrons. The van der Waals surface area contributed by atoms with Crippen molar-refractivity contribution in [2.75, 3.05) is 45.8 Å². The van der Waals surface area contributed by atoms with E-state index in [1.165, 1.54) is 11.3 Å². The molecule has 0 radical (unpaired) electrons. The summed E-state index contributed by atoms with van der Waals surface area (Å²) in [6, 6.07) is 11.6. The van der Waals surface area contributed by atoms with E-state index in [1.54, 1.807) is 12.0 Å². The summed E-state index contributed by atoms with van der Waals surface area (Å²) in [5.41, 5.74) is 2.88. The lowest BCUT2D eigenvalue weighted by atomic mass is 10.1. The average Bonchev–Trinajstić information content (AvgIpc) is 3.16. The Kier molecular flexibility index (Phi) is 9.10. The number of hydrogen-bond acceptors (Lipinski definition) is 6. The number of nitrogens with zero attached hydrogens (tertiary/aromatic N) is 3. The van der Waals surface area contributed by atoms with Crippen molar-refractivity contribution in [2.45, 2.75) is 20.3 Å². The van der Waals surface area contributed by atoms with Gasteiger partial charge in [-0.05, 0) is 57.3 Å². The summed E-state index contributed by atoms with van der Waals surface area (Å²) in [5.74, 6) is 1.56. The summed E-state index contributed by atoms with van der Waals surface area (Å²) < 4.78 is 12.0. The molecule has 0 saturated heterocycles. The molecule has 0 saturated carbocycles. The molecular weight excluding hydrogens is 434 g/mol. The quantitative estimate of drug-likeness (QED) is 0.465. The number of ether oxygens (including phenoxy) is 2. The summed E-state index contributed by atoms with van der Waals surface area (Å²) in [4.78, 5) is 21.9. The average molecular weight is 464 g/mol. The monoisotopic (exact) mass is 463 g/mol. The van der Waals surface area contributed by atoms with E-state index in [2.05, 4.69) is 11.8 Å². The Morgan fingerprint density at radius 3 is 2.42 bits per heavy atom. The molecule has 3 rings (SSSR count). The molecule has 0 atom stereocenters. The number of rotatable bonds is 9. The highest BCUT2D eigenvalue weighted by atomic mass is 35.5. The minimum atomic E-state index is 0. The molecular formula is C23H30ClN3O3S. The Labute approximate surface area is 194 Å². The van der Waals surface area contributed by atoms with E-state index >= 15 is 0 Å². The van der Waals surface area contributed by atoms with Gasteiger partial charge >= 0.3 is 0 Å². The number of halogens is 1. The topological polar surface area (TPSA) is 54.9 Å². The van der Waals surface area contributed by atoms with Gasteiger partial charge in [0.2, 0.25) is 5.91 Å². The number of benzene rings is 2. The zero-order valence-electron chi connectivity index (χ0n) is 18.7. The number of amides is 1. The second-order valence-electron chi connectivity index (χ2n) is 7.36.